The van der Waals surface area contributed by atoms with Gasteiger partial charge in [-0.2, -0.15) is 0 Å². The molecule has 0 aliphatic heterocycles. The third-order valence-corrected chi connectivity index (χ3v) is 7.12. The molecule has 4 N–H and O–H groups in total. The molecule has 1 amide bonds. The fourth-order valence-corrected chi connectivity index (χ4v) is 5.27. The van der Waals surface area contributed by atoms with Crippen LogP contribution in [0.25, 0.3) is 11.2 Å². The molecule has 0 bridgehead atoms. The zero-order chi connectivity index (χ0) is 22.1. The van der Waals surface area contributed by atoms with E-state index in [1.807, 2.05) is 11.4 Å². The minimum Gasteiger partial charge on any atom is -0.388 e. The Morgan fingerprint density at radius 3 is 2.84 bits per heavy atom. The van der Waals surface area contributed by atoms with Gasteiger partial charge in [-0.15, -0.1) is 11.3 Å². The quantitative estimate of drug-likeness (QED) is 0.422. The molecule has 1 fully saturated rings. The normalized spacial score (nSPS) is 24.4. The molecule has 3 aromatic heterocycles. The molecule has 4 rings (SSSR count). The van der Waals surface area contributed by atoms with Gasteiger partial charge >= 0.3 is 0 Å². The van der Waals surface area contributed by atoms with Crippen molar-refractivity contribution in [1.82, 2.24) is 24.8 Å². The summed E-state index contributed by atoms with van der Waals surface area (Å²) >= 11 is 7.88. The molecule has 0 saturated heterocycles. The van der Waals surface area contributed by atoms with Crippen LogP contribution in [0.15, 0.2) is 24.1 Å². The van der Waals surface area contributed by atoms with Gasteiger partial charge in [0.05, 0.1) is 23.4 Å². The second kappa shape index (κ2) is 9.07. The Morgan fingerprint density at radius 2 is 2.16 bits per heavy atom. The number of aromatic nitrogens is 4. The lowest BCUT2D eigenvalue weighted by molar-refractivity contribution is -0.120. The van der Waals surface area contributed by atoms with Gasteiger partial charge in [0.1, 0.15) is 24.1 Å². The summed E-state index contributed by atoms with van der Waals surface area (Å²) in [7, 11) is 0. The van der Waals surface area contributed by atoms with Crippen molar-refractivity contribution in [2.75, 3.05) is 5.32 Å². The van der Waals surface area contributed by atoms with Crippen molar-refractivity contribution in [2.24, 2.45) is 0 Å². The topological polar surface area (TPSA) is 125 Å². The minimum absolute atomic E-state index is 0.113. The van der Waals surface area contributed by atoms with E-state index in [0.717, 1.165) is 22.7 Å². The maximum absolute atomic E-state index is 11.4. The number of carbonyl (C=O) groups is 1. The average molecular weight is 465 g/mol. The predicted molar refractivity (Wildman–Crippen MR) is 119 cm³/mol. The van der Waals surface area contributed by atoms with Crippen LogP contribution >= 0.6 is 22.9 Å². The number of anilines is 1. The molecule has 1 aliphatic carbocycles. The number of imidazole rings is 1. The Morgan fingerprint density at radius 1 is 1.35 bits per heavy atom. The van der Waals surface area contributed by atoms with Gasteiger partial charge < -0.3 is 25.4 Å². The number of nitrogens with one attached hydrogen (secondary N) is 2. The van der Waals surface area contributed by atoms with Gasteiger partial charge in [-0.25, -0.2) is 15.0 Å². The number of aliphatic hydroxyl groups is 2. The van der Waals surface area contributed by atoms with Crippen molar-refractivity contribution in [3.63, 3.8) is 0 Å². The number of halogens is 1. The third kappa shape index (κ3) is 4.38. The van der Waals surface area contributed by atoms with E-state index in [9.17, 15) is 15.0 Å². The van der Waals surface area contributed by atoms with Crippen molar-refractivity contribution in [3.05, 3.63) is 34.0 Å². The number of nitrogens with zero attached hydrogens (tertiary/aromatic N) is 4. The van der Waals surface area contributed by atoms with E-state index in [1.54, 1.807) is 22.2 Å². The Hall–Kier alpha value is -2.27. The van der Waals surface area contributed by atoms with Gasteiger partial charge in [-0.05, 0) is 24.3 Å². The number of amides is 1. The monoisotopic (exact) mass is 464 g/mol. The van der Waals surface area contributed by atoms with Crippen LogP contribution in [-0.2, 0) is 11.2 Å². The summed E-state index contributed by atoms with van der Waals surface area (Å²) < 4.78 is 1.75. The van der Waals surface area contributed by atoms with Crippen LogP contribution < -0.4 is 10.6 Å². The van der Waals surface area contributed by atoms with Crippen LogP contribution in [0.4, 0.5) is 5.82 Å². The van der Waals surface area contributed by atoms with Gasteiger partial charge in [0.15, 0.2) is 11.5 Å². The molecular formula is C20H25ClN6O3S. The summed E-state index contributed by atoms with van der Waals surface area (Å²) in [6, 6.07) is 1.01. The van der Waals surface area contributed by atoms with Gasteiger partial charge in [-0.3, -0.25) is 4.79 Å². The molecule has 0 aromatic carbocycles. The lowest BCUT2D eigenvalue weighted by Gasteiger charge is -2.19. The summed E-state index contributed by atoms with van der Waals surface area (Å²) in [6.45, 7) is 3.48. The average Bonchev–Trinajstić information content (AvgIpc) is 3.42. The number of hydrogen-bond acceptors (Lipinski definition) is 8. The fourth-order valence-electron chi connectivity index (χ4n) is 4.07. The number of thiophene rings is 1. The van der Waals surface area contributed by atoms with E-state index >= 15 is 0 Å². The molecule has 1 saturated carbocycles. The second-order valence-electron chi connectivity index (χ2n) is 7.78. The zero-order valence-corrected chi connectivity index (χ0v) is 18.8. The number of rotatable bonds is 7. The first-order valence-electron chi connectivity index (χ1n) is 10.2. The SMILES string of the molecule is CCC(Cc1sccc1Cl)Nc1ncnc2c1ncn2C1CC(NC(C)=O)C(O)C1O. The van der Waals surface area contributed by atoms with E-state index in [2.05, 4.69) is 32.5 Å². The molecule has 3 aromatic rings. The Balaban J connectivity index is 1.58. The van der Waals surface area contributed by atoms with Crippen LogP contribution in [0, 0.1) is 0 Å². The molecule has 11 heteroatoms. The van der Waals surface area contributed by atoms with Crippen LogP contribution in [0.2, 0.25) is 5.02 Å². The van der Waals surface area contributed by atoms with Crippen LogP contribution in [0.1, 0.15) is 37.6 Å². The van der Waals surface area contributed by atoms with E-state index in [-0.39, 0.29) is 11.9 Å². The molecule has 9 nitrogen and oxygen atoms in total. The molecule has 3 heterocycles. The van der Waals surface area contributed by atoms with Crippen LogP contribution in [0.3, 0.4) is 0 Å². The Kier molecular flexibility index (Phi) is 6.42. The van der Waals surface area contributed by atoms with Crippen LogP contribution in [-0.4, -0.2) is 59.9 Å². The molecule has 0 spiro atoms. The molecular weight excluding hydrogens is 440 g/mol. The molecule has 31 heavy (non-hydrogen) atoms. The maximum atomic E-state index is 11.4. The standard InChI is InChI=1S/C20H25ClN6O3S/c1-3-11(6-15-12(21)4-5-31-15)26-19-16-20(23-8-22-19)27(9-24-16)14-7-13(25-10(2)28)17(29)18(14)30/h4-5,8-9,11,13-14,17-18,29-30H,3,6-7H2,1-2H3,(H,25,28)(H,22,23,26). The van der Waals surface area contributed by atoms with Crippen molar-refractivity contribution in [1.29, 1.82) is 0 Å². The van der Waals surface area contributed by atoms with E-state index < -0.39 is 24.3 Å². The highest BCUT2D eigenvalue weighted by Gasteiger charge is 2.43. The maximum Gasteiger partial charge on any atom is 0.217 e. The zero-order valence-electron chi connectivity index (χ0n) is 17.2. The van der Waals surface area contributed by atoms with Crippen molar-refractivity contribution in [3.8, 4) is 0 Å². The lowest BCUT2D eigenvalue weighted by Crippen LogP contribution is -2.42. The minimum atomic E-state index is -1.06. The molecule has 5 atom stereocenters. The second-order valence-corrected chi connectivity index (χ2v) is 9.19. The third-order valence-electron chi connectivity index (χ3n) is 5.71. The highest BCUT2D eigenvalue weighted by atomic mass is 35.5. The van der Waals surface area contributed by atoms with Gasteiger partial charge in [0.2, 0.25) is 5.91 Å². The number of hydrogen-bond donors (Lipinski definition) is 4. The van der Waals surface area contributed by atoms with Gasteiger partial charge in [0, 0.05) is 24.3 Å². The lowest BCUT2D eigenvalue weighted by atomic mass is 10.1. The fraction of sp³-hybridized carbons (Fsp3) is 0.500. The molecule has 0 radical (unpaired) electrons. The van der Waals surface area contributed by atoms with Crippen molar-refractivity contribution in [2.45, 2.75) is 63.4 Å². The summed E-state index contributed by atoms with van der Waals surface area (Å²) in [5.41, 5.74) is 1.14. The van der Waals surface area contributed by atoms with E-state index in [1.165, 1.54) is 13.3 Å². The van der Waals surface area contributed by atoms with Crippen molar-refractivity contribution < 1.29 is 15.0 Å². The predicted octanol–water partition coefficient (Wildman–Crippen LogP) is 2.15. The summed E-state index contributed by atoms with van der Waals surface area (Å²) in [5, 5.41) is 29.8. The molecule has 1 aliphatic rings. The summed E-state index contributed by atoms with van der Waals surface area (Å²) in [4.78, 5) is 25.7. The smallest absolute Gasteiger partial charge is 0.217 e. The summed E-state index contributed by atoms with van der Waals surface area (Å²) in [6.07, 6.45) is 2.94. The van der Waals surface area contributed by atoms with Crippen molar-refractivity contribution >= 4 is 45.8 Å². The summed E-state index contributed by atoms with van der Waals surface area (Å²) in [5.74, 6) is 0.354. The largest absolute Gasteiger partial charge is 0.388 e. The first-order chi connectivity index (χ1) is 14.9. The first kappa shape index (κ1) is 21.9. The Bertz CT molecular complexity index is 1070. The highest BCUT2D eigenvalue weighted by Crippen LogP contribution is 2.34. The number of fused-ring (bicyclic) bond motifs is 1. The number of aliphatic hydroxyl groups excluding tert-OH is 2. The van der Waals surface area contributed by atoms with E-state index in [4.69, 9.17) is 11.6 Å². The van der Waals surface area contributed by atoms with Gasteiger partial charge in [-0.1, -0.05) is 18.5 Å². The molecule has 5 unspecified atom stereocenters. The first-order valence-corrected chi connectivity index (χ1v) is 11.4. The van der Waals surface area contributed by atoms with Gasteiger partial charge in [0.25, 0.3) is 0 Å². The van der Waals surface area contributed by atoms with Crippen LogP contribution in [0.5, 0.6) is 0 Å². The highest BCUT2D eigenvalue weighted by molar-refractivity contribution is 7.10. The van der Waals surface area contributed by atoms with E-state index in [0.29, 0.717) is 23.4 Å². The molecule has 166 valence electrons. The number of carbonyl (C=O) groups excluding carboxylic acids is 1. The Labute approximate surface area is 188 Å².